The van der Waals surface area contributed by atoms with Crippen LogP contribution in [0.2, 0.25) is 0 Å². The molecule has 0 heterocycles. The van der Waals surface area contributed by atoms with Crippen LogP contribution in [0.3, 0.4) is 0 Å². The Balaban J connectivity index is 1.88. The third-order valence-electron chi connectivity index (χ3n) is 4.56. The lowest BCUT2D eigenvalue weighted by Gasteiger charge is -2.24. The number of nitro benzene ring substituents is 1. The van der Waals surface area contributed by atoms with E-state index in [-0.39, 0.29) is 21.8 Å². The van der Waals surface area contributed by atoms with Crippen LogP contribution in [-0.4, -0.2) is 38.9 Å². The molecule has 0 spiro atoms. The minimum absolute atomic E-state index is 0.0430. The highest BCUT2D eigenvalue weighted by Gasteiger charge is 2.27. The summed E-state index contributed by atoms with van der Waals surface area (Å²) in [4.78, 5) is 34.5. The molecule has 33 heavy (non-hydrogen) atoms. The Hall–Kier alpha value is -4.25. The molecule has 3 aromatic rings. The molecular formula is C22H19N3O7S. The zero-order chi connectivity index (χ0) is 24.0. The second kappa shape index (κ2) is 9.92. The zero-order valence-corrected chi connectivity index (χ0v) is 18.2. The van der Waals surface area contributed by atoms with Crippen molar-refractivity contribution in [3.8, 4) is 0 Å². The molecule has 0 aliphatic carbocycles. The molecule has 0 aromatic heterocycles. The van der Waals surface area contributed by atoms with E-state index in [0.717, 1.165) is 16.4 Å². The summed E-state index contributed by atoms with van der Waals surface area (Å²) < 4.78 is 32.0. The summed E-state index contributed by atoms with van der Waals surface area (Å²) in [6.45, 7) is -0.589. The third-order valence-corrected chi connectivity index (χ3v) is 6.34. The number of amides is 1. The number of anilines is 2. The maximum absolute atomic E-state index is 13.3. The summed E-state index contributed by atoms with van der Waals surface area (Å²) in [6, 6.07) is 18.2. The first-order valence-electron chi connectivity index (χ1n) is 9.53. The summed E-state index contributed by atoms with van der Waals surface area (Å²) in [7, 11) is -2.91. The van der Waals surface area contributed by atoms with Crippen LogP contribution >= 0.6 is 0 Å². The number of ether oxygens (including phenoxy) is 1. The average molecular weight is 469 g/mol. The van der Waals surface area contributed by atoms with Gasteiger partial charge in [0.1, 0.15) is 6.54 Å². The lowest BCUT2D eigenvalue weighted by molar-refractivity contribution is -0.384. The fraction of sp³-hybridized carbons (Fsp3) is 0.0909. The van der Waals surface area contributed by atoms with E-state index in [9.17, 15) is 28.1 Å². The van der Waals surface area contributed by atoms with Crippen molar-refractivity contribution in [2.24, 2.45) is 0 Å². The Morgan fingerprint density at radius 2 is 1.58 bits per heavy atom. The lowest BCUT2D eigenvalue weighted by atomic mass is 10.2. The van der Waals surface area contributed by atoms with E-state index in [2.05, 4.69) is 10.1 Å². The molecule has 0 unspecified atom stereocenters. The molecule has 1 amide bonds. The van der Waals surface area contributed by atoms with Crippen LogP contribution in [0.4, 0.5) is 17.1 Å². The molecule has 10 nitrogen and oxygen atoms in total. The Kier molecular flexibility index (Phi) is 7.04. The molecule has 1 N–H and O–H groups in total. The summed E-state index contributed by atoms with van der Waals surface area (Å²) in [6.07, 6.45) is 0. The fourth-order valence-electron chi connectivity index (χ4n) is 2.91. The van der Waals surface area contributed by atoms with Gasteiger partial charge in [-0.2, -0.15) is 0 Å². The van der Waals surface area contributed by atoms with Crippen LogP contribution in [0.15, 0.2) is 83.8 Å². The highest BCUT2D eigenvalue weighted by Crippen LogP contribution is 2.26. The molecule has 0 fully saturated rings. The first-order valence-corrected chi connectivity index (χ1v) is 11.0. The van der Waals surface area contributed by atoms with E-state index in [0.29, 0.717) is 5.69 Å². The lowest BCUT2D eigenvalue weighted by Crippen LogP contribution is -2.38. The van der Waals surface area contributed by atoms with E-state index < -0.39 is 33.4 Å². The molecule has 0 saturated heterocycles. The van der Waals surface area contributed by atoms with Crippen molar-refractivity contribution in [3.05, 3.63) is 94.5 Å². The quantitative estimate of drug-likeness (QED) is 0.304. The van der Waals surface area contributed by atoms with Gasteiger partial charge in [0.05, 0.1) is 28.2 Å². The number of methoxy groups -OCH3 is 1. The number of hydrogen-bond acceptors (Lipinski definition) is 7. The van der Waals surface area contributed by atoms with Gasteiger partial charge in [0.15, 0.2) is 0 Å². The molecule has 0 bridgehead atoms. The van der Waals surface area contributed by atoms with Crippen LogP contribution in [0.1, 0.15) is 10.4 Å². The van der Waals surface area contributed by atoms with Gasteiger partial charge in [0.2, 0.25) is 5.91 Å². The van der Waals surface area contributed by atoms with Crippen molar-refractivity contribution in [1.82, 2.24) is 0 Å². The van der Waals surface area contributed by atoms with Crippen molar-refractivity contribution in [3.63, 3.8) is 0 Å². The van der Waals surface area contributed by atoms with Crippen molar-refractivity contribution in [1.29, 1.82) is 0 Å². The number of carbonyl (C=O) groups is 2. The van der Waals surface area contributed by atoms with Crippen molar-refractivity contribution in [2.75, 3.05) is 23.3 Å². The molecule has 0 aliphatic heterocycles. The molecule has 0 saturated carbocycles. The monoisotopic (exact) mass is 469 g/mol. The Bertz CT molecular complexity index is 1260. The van der Waals surface area contributed by atoms with Gasteiger partial charge < -0.3 is 10.1 Å². The van der Waals surface area contributed by atoms with Gasteiger partial charge in [-0.05, 0) is 48.5 Å². The number of esters is 1. The number of benzene rings is 3. The maximum atomic E-state index is 13.3. The average Bonchev–Trinajstić information content (AvgIpc) is 2.83. The molecular weight excluding hydrogens is 450 g/mol. The molecule has 3 rings (SSSR count). The van der Waals surface area contributed by atoms with Crippen LogP contribution in [-0.2, 0) is 19.6 Å². The first-order chi connectivity index (χ1) is 15.7. The van der Waals surface area contributed by atoms with Crippen molar-refractivity contribution < 1.29 is 27.7 Å². The molecule has 0 radical (unpaired) electrons. The maximum Gasteiger partial charge on any atom is 0.337 e. The van der Waals surface area contributed by atoms with Crippen molar-refractivity contribution >= 4 is 39.0 Å². The van der Waals surface area contributed by atoms with Gasteiger partial charge in [-0.15, -0.1) is 0 Å². The van der Waals surface area contributed by atoms with Gasteiger partial charge in [0, 0.05) is 17.8 Å². The Morgan fingerprint density at radius 1 is 0.970 bits per heavy atom. The van der Waals surface area contributed by atoms with Gasteiger partial charge in [0.25, 0.3) is 15.7 Å². The number of hydrogen-bond donors (Lipinski definition) is 1. The van der Waals surface area contributed by atoms with Gasteiger partial charge >= 0.3 is 5.97 Å². The zero-order valence-electron chi connectivity index (χ0n) is 17.4. The third kappa shape index (κ3) is 5.52. The smallest absolute Gasteiger partial charge is 0.337 e. The summed E-state index contributed by atoms with van der Waals surface area (Å²) in [5.74, 6) is -1.19. The SMILES string of the molecule is COC(=O)c1ccc(NC(=O)CN(c2ccc([N+](=O)[O-])cc2)S(=O)(=O)c2ccccc2)cc1. The van der Waals surface area contributed by atoms with Crippen LogP contribution in [0.25, 0.3) is 0 Å². The normalized spacial score (nSPS) is 10.8. The number of nitrogens with zero attached hydrogens (tertiary/aromatic N) is 2. The number of sulfonamides is 1. The molecule has 0 aliphatic rings. The highest BCUT2D eigenvalue weighted by atomic mass is 32.2. The number of nitro groups is 1. The van der Waals surface area contributed by atoms with Crippen molar-refractivity contribution in [2.45, 2.75) is 4.90 Å². The first kappa shape index (κ1) is 23.4. The topological polar surface area (TPSA) is 136 Å². The highest BCUT2D eigenvalue weighted by molar-refractivity contribution is 7.92. The van der Waals surface area contributed by atoms with E-state index in [1.165, 1.54) is 55.6 Å². The number of nitrogens with one attached hydrogen (secondary N) is 1. The predicted molar refractivity (Wildman–Crippen MR) is 120 cm³/mol. The molecule has 3 aromatic carbocycles. The van der Waals surface area contributed by atoms with E-state index in [4.69, 9.17) is 0 Å². The van der Waals surface area contributed by atoms with Crippen LogP contribution in [0.5, 0.6) is 0 Å². The van der Waals surface area contributed by atoms with E-state index >= 15 is 0 Å². The van der Waals surface area contributed by atoms with Crippen LogP contribution < -0.4 is 9.62 Å². The number of carbonyl (C=O) groups excluding carboxylic acids is 2. The number of non-ortho nitro benzene ring substituents is 1. The minimum atomic E-state index is -4.15. The van der Waals surface area contributed by atoms with E-state index in [1.54, 1.807) is 18.2 Å². The summed E-state index contributed by atoms with van der Waals surface area (Å²) in [5, 5.41) is 13.5. The largest absolute Gasteiger partial charge is 0.465 e. The second-order valence-electron chi connectivity index (χ2n) is 6.72. The molecule has 170 valence electrons. The standard InChI is InChI=1S/C22H19N3O7S/c1-32-22(27)16-7-9-17(10-8-16)23-21(26)15-24(18-11-13-19(14-12-18)25(28)29)33(30,31)20-5-3-2-4-6-20/h2-14H,15H2,1H3,(H,23,26). The summed E-state index contributed by atoms with van der Waals surface area (Å²) in [5.41, 5.74) is 0.495. The van der Waals surface area contributed by atoms with Crippen LogP contribution in [0, 0.1) is 10.1 Å². The summed E-state index contributed by atoms with van der Waals surface area (Å²) >= 11 is 0. The fourth-order valence-corrected chi connectivity index (χ4v) is 4.36. The Morgan fingerprint density at radius 3 is 2.12 bits per heavy atom. The molecule has 0 atom stereocenters. The van der Waals surface area contributed by atoms with Gasteiger partial charge in [-0.1, -0.05) is 18.2 Å². The van der Waals surface area contributed by atoms with Gasteiger partial charge in [-0.3, -0.25) is 19.2 Å². The van der Waals surface area contributed by atoms with Gasteiger partial charge in [-0.25, -0.2) is 13.2 Å². The molecule has 11 heteroatoms. The number of rotatable bonds is 8. The second-order valence-corrected chi connectivity index (χ2v) is 8.58. The van der Waals surface area contributed by atoms with E-state index in [1.807, 2.05) is 0 Å². The minimum Gasteiger partial charge on any atom is -0.465 e. The predicted octanol–water partition coefficient (Wildman–Crippen LogP) is 3.22. The Labute approximate surface area is 189 Å².